The first-order valence-corrected chi connectivity index (χ1v) is 8.40. The molecule has 2 aromatic carbocycles. The van der Waals surface area contributed by atoms with Crippen molar-refractivity contribution in [2.75, 3.05) is 0 Å². The summed E-state index contributed by atoms with van der Waals surface area (Å²) in [7, 11) is 0. The molecule has 0 saturated heterocycles. The summed E-state index contributed by atoms with van der Waals surface area (Å²) in [5, 5.41) is 0. The van der Waals surface area contributed by atoms with Crippen molar-refractivity contribution in [2.24, 2.45) is 0 Å². The first-order valence-electron chi connectivity index (χ1n) is 6.98. The molecule has 0 nitrogen and oxygen atoms in total. The molecule has 0 aliphatic heterocycles. The number of hydrogen-bond donors (Lipinski definition) is 0. The summed E-state index contributed by atoms with van der Waals surface area (Å²) in [5.41, 5.74) is 8.77. The normalized spacial score (nSPS) is 18.7. The van der Waals surface area contributed by atoms with Crippen molar-refractivity contribution in [3.63, 3.8) is 0 Å². The van der Waals surface area contributed by atoms with Crippen LogP contribution in [0, 0.1) is 0 Å². The van der Waals surface area contributed by atoms with Gasteiger partial charge < -0.3 is 0 Å². The Kier molecular flexibility index (Phi) is 3.04. The first-order chi connectivity index (χ1) is 9.90. The van der Waals surface area contributed by atoms with Gasteiger partial charge in [0.25, 0.3) is 0 Å². The Morgan fingerprint density at radius 3 is 2.65 bits per heavy atom. The van der Waals surface area contributed by atoms with Gasteiger partial charge in [0.2, 0.25) is 0 Å². The summed E-state index contributed by atoms with van der Waals surface area (Å²) in [5.74, 6) is 0.448. The van der Waals surface area contributed by atoms with Gasteiger partial charge in [0.1, 0.15) is 0 Å². The van der Waals surface area contributed by atoms with Gasteiger partial charge in [-0.15, -0.1) is 0 Å². The fourth-order valence-corrected chi connectivity index (χ4v) is 4.10. The molecule has 0 amide bonds. The number of benzene rings is 2. The molecule has 1 atom stereocenters. The Hall–Kier alpha value is -1.33. The van der Waals surface area contributed by atoms with E-state index in [0.29, 0.717) is 5.92 Å². The molecule has 4 rings (SSSR count). The second kappa shape index (κ2) is 4.90. The van der Waals surface area contributed by atoms with E-state index in [1.807, 2.05) is 0 Å². The van der Waals surface area contributed by atoms with E-state index in [2.05, 4.69) is 64.4 Å². The summed E-state index contributed by atoms with van der Waals surface area (Å²) in [6.07, 6.45) is 7.85. The SMILES string of the molecule is [Zr+2]=[CH]c1cccc2c1C(C1=CC=CC1)c1ccccc1-2. The maximum absolute atomic E-state index is 2.33. The molecule has 0 heterocycles. The Bertz CT molecular complexity index is 765. The zero-order valence-electron chi connectivity index (χ0n) is 11.1. The van der Waals surface area contributed by atoms with Crippen LogP contribution in [0.4, 0.5) is 0 Å². The van der Waals surface area contributed by atoms with Crippen LogP contribution in [0.3, 0.4) is 0 Å². The summed E-state index contributed by atoms with van der Waals surface area (Å²) in [4.78, 5) is 0. The fourth-order valence-electron chi connectivity index (χ4n) is 3.48. The third-order valence-electron chi connectivity index (χ3n) is 4.32. The zero-order valence-corrected chi connectivity index (χ0v) is 13.6. The molecule has 92 valence electrons. The second-order valence-electron chi connectivity index (χ2n) is 5.35. The van der Waals surface area contributed by atoms with Crippen molar-refractivity contribution in [2.45, 2.75) is 12.3 Å². The van der Waals surface area contributed by atoms with E-state index in [-0.39, 0.29) is 0 Å². The summed E-state index contributed by atoms with van der Waals surface area (Å²) in [6.45, 7) is 0. The first kappa shape index (κ1) is 12.4. The van der Waals surface area contributed by atoms with Crippen LogP contribution in [-0.2, 0) is 24.2 Å². The Labute approximate surface area is 134 Å². The molecule has 0 bridgehead atoms. The fraction of sp³-hybridized carbons (Fsp3) is 0.105. The van der Waals surface area contributed by atoms with Crippen LogP contribution in [-0.4, -0.2) is 3.71 Å². The molecule has 1 heteroatoms. The predicted molar refractivity (Wildman–Crippen MR) is 80.7 cm³/mol. The van der Waals surface area contributed by atoms with Crippen molar-refractivity contribution < 1.29 is 24.2 Å². The quantitative estimate of drug-likeness (QED) is 0.765. The van der Waals surface area contributed by atoms with Crippen LogP contribution in [0.15, 0.2) is 66.3 Å². The molecule has 20 heavy (non-hydrogen) atoms. The molecule has 0 saturated carbocycles. The van der Waals surface area contributed by atoms with Gasteiger partial charge in [0, 0.05) is 0 Å². The monoisotopic (exact) mass is 332 g/mol. The van der Waals surface area contributed by atoms with Crippen molar-refractivity contribution in [1.29, 1.82) is 0 Å². The molecule has 2 aliphatic carbocycles. The standard InChI is InChI=1S/C19H14.Zr/c1-13-7-6-12-16-15-10-4-5-11-17(15)19(18(13)16)14-8-2-3-9-14;/h1-8,10-12,19H,9H2;/q;+2. The Balaban J connectivity index is 2.02. The average Bonchev–Trinajstić information content (AvgIpc) is 3.12. The van der Waals surface area contributed by atoms with E-state index in [1.54, 1.807) is 0 Å². The molecule has 1 unspecified atom stereocenters. The number of rotatable bonds is 2. The van der Waals surface area contributed by atoms with Gasteiger partial charge in [-0.05, 0) is 0 Å². The van der Waals surface area contributed by atoms with E-state index in [9.17, 15) is 0 Å². The minimum absolute atomic E-state index is 0.448. The Morgan fingerprint density at radius 1 is 1.00 bits per heavy atom. The average molecular weight is 334 g/mol. The van der Waals surface area contributed by atoms with Crippen LogP contribution < -0.4 is 0 Å². The van der Waals surface area contributed by atoms with Gasteiger partial charge in [0.05, 0.1) is 0 Å². The van der Waals surface area contributed by atoms with Crippen LogP contribution >= 0.6 is 0 Å². The second-order valence-corrected chi connectivity index (χ2v) is 6.06. The van der Waals surface area contributed by atoms with Crippen LogP contribution in [0.5, 0.6) is 0 Å². The van der Waals surface area contributed by atoms with Crippen molar-refractivity contribution in [3.05, 3.63) is 83.0 Å². The number of fused-ring (bicyclic) bond motifs is 3. The van der Waals surface area contributed by atoms with Crippen molar-refractivity contribution >= 4 is 3.71 Å². The molecule has 2 aliphatic rings. The van der Waals surface area contributed by atoms with Crippen molar-refractivity contribution in [1.82, 2.24) is 0 Å². The van der Waals surface area contributed by atoms with Gasteiger partial charge >= 0.3 is 134 Å². The van der Waals surface area contributed by atoms with E-state index in [1.165, 1.54) is 57.6 Å². The molecular weight excluding hydrogens is 319 g/mol. The number of hydrogen-bond acceptors (Lipinski definition) is 0. The van der Waals surface area contributed by atoms with Gasteiger partial charge in [-0.2, -0.15) is 0 Å². The molecule has 0 spiro atoms. The molecule has 0 fully saturated rings. The molecule has 0 radical (unpaired) electrons. The van der Waals surface area contributed by atoms with E-state index in [0.717, 1.165) is 6.42 Å². The van der Waals surface area contributed by atoms with E-state index < -0.39 is 0 Å². The molecule has 2 aromatic rings. The zero-order chi connectivity index (χ0) is 13.5. The summed E-state index contributed by atoms with van der Waals surface area (Å²) >= 11 is 1.47. The minimum atomic E-state index is 0.448. The van der Waals surface area contributed by atoms with Crippen molar-refractivity contribution in [3.8, 4) is 11.1 Å². The van der Waals surface area contributed by atoms with Gasteiger partial charge in [0.15, 0.2) is 0 Å². The van der Waals surface area contributed by atoms with Gasteiger partial charge in [-0.1, -0.05) is 0 Å². The predicted octanol–water partition coefficient (Wildman–Crippen LogP) is 4.38. The summed E-state index contributed by atoms with van der Waals surface area (Å²) in [6, 6.07) is 15.6. The molecule has 0 aromatic heterocycles. The van der Waals surface area contributed by atoms with Crippen LogP contribution in [0.1, 0.15) is 29.0 Å². The third-order valence-corrected chi connectivity index (χ3v) is 5.08. The summed E-state index contributed by atoms with van der Waals surface area (Å²) < 4.78 is 2.33. The molecule has 0 N–H and O–H groups in total. The van der Waals surface area contributed by atoms with Crippen LogP contribution in [0.25, 0.3) is 11.1 Å². The van der Waals surface area contributed by atoms with Gasteiger partial charge in [-0.25, -0.2) is 0 Å². The van der Waals surface area contributed by atoms with E-state index in [4.69, 9.17) is 0 Å². The maximum atomic E-state index is 2.33. The molecular formula is C19H14Zr+2. The van der Waals surface area contributed by atoms with E-state index >= 15 is 0 Å². The number of allylic oxidation sites excluding steroid dienone is 4. The Morgan fingerprint density at radius 2 is 1.85 bits per heavy atom. The topological polar surface area (TPSA) is 0 Å². The van der Waals surface area contributed by atoms with Crippen LogP contribution in [0.2, 0.25) is 0 Å². The van der Waals surface area contributed by atoms with Gasteiger partial charge in [-0.3, -0.25) is 0 Å². The third kappa shape index (κ3) is 1.73.